The van der Waals surface area contributed by atoms with Crippen molar-refractivity contribution >= 4 is 11.8 Å². The Balaban J connectivity index is 2.41. The second kappa shape index (κ2) is 4.49. The smallest absolute Gasteiger partial charge is 0.0639 e. The van der Waals surface area contributed by atoms with Gasteiger partial charge in [-0.3, -0.25) is 4.90 Å². The Kier molecular flexibility index (Phi) is 3.87. The molecule has 1 rings (SSSR count). The normalized spacial score (nSPS) is 35.0. The van der Waals surface area contributed by atoms with Crippen molar-refractivity contribution < 1.29 is 5.11 Å². The minimum absolute atomic E-state index is 0.192. The maximum Gasteiger partial charge on any atom is 0.0639 e. The number of aliphatic hydroxyl groups excluding tert-OH is 1. The molecule has 0 spiro atoms. The highest BCUT2D eigenvalue weighted by molar-refractivity contribution is 8.00. The molecule has 1 aliphatic rings. The summed E-state index contributed by atoms with van der Waals surface area (Å²) in [5.41, 5.74) is 0. The van der Waals surface area contributed by atoms with Crippen molar-refractivity contribution in [2.75, 3.05) is 18.8 Å². The largest absolute Gasteiger partial charge is 0.392 e. The minimum atomic E-state index is -0.192. The molecule has 0 bridgehead atoms. The fourth-order valence-corrected chi connectivity index (χ4v) is 2.75. The number of thioether (sulfide) groups is 1. The first-order valence-corrected chi connectivity index (χ1v) is 5.70. The van der Waals surface area contributed by atoms with Gasteiger partial charge >= 0.3 is 0 Å². The number of aliphatic hydroxyl groups is 1. The number of hydrogen-bond donors (Lipinski definition) is 1. The third-order valence-corrected chi connectivity index (χ3v) is 3.85. The van der Waals surface area contributed by atoms with E-state index in [-0.39, 0.29) is 6.10 Å². The lowest BCUT2D eigenvalue weighted by Crippen LogP contribution is -2.47. The Morgan fingerprint density at radius 3 is 2.83 bits per heavy atom. The molecular weight excluding hydrogens is 170 g/mol. The second-order valence-corrected chi connectivity index (χ2v) is 5.15. The van der Waals surface area contributed by atoms with Crippen LogP contribution in [0, 0.1) is 0 Å². The summed E-state index contributed by atoms with van der Waals surface area (Å²) in [6.07, 6.45) is -0.192. The maximum atomic E-state index is 9.26. The summed E-state index contributed by atoms with van der Waals surface area (Å²) in [7, 11) is 0. The molecular formula is C9H19NOS. The quantitative estimate of drug-likeness (QED) is 0.706. The van der Waals surface area contributed by atoms with Gasteiger partial charge in [-0.2, -0.15) is 11.8 Å². The van der Waals surface area contributed by atoms with Crippen LogP contribution >= 0.6 is 11.8 Å². The SMILES string of the molecule is CC1SCCN(C[C@@H](C)O)C1C. The first-order valence-electron chi connectivity index (χ1n) is 4.65. The number of β-amino-alcohol motifs (C(OH)–C–C–N with tert-alkyl or cyclic N) is 1. The van der Waals surface area contributed by atoms with Crippen LogP contribution in [0.3, 0.4) is 0 Å². The Bertz CT molecular complexity index is 140. The molecule has 0 aromatic carbocycles. The predicted octanol–water partition coefficient (Wildman–Crippen LogP) is 1.19. The van der Waals surface area contributed by atoms with Crippen LogP contribution in [0.2, 0.25) is 0 Å². The van der Waals surface area contributed by atoms with Crippen molar-refractivity contribution in [2.45, 2.75) is 38.2 Å². The van der Waals surface area contributed by atoms with Gasteiger partial charge in [-0.15, -0.1) is 0 Å². The number of rotatable bonds is 2. The van der Waals surface area contributed by atoms with Crippen LogP contribution in [0.15, 0.2) is 0 Å². The third kappa shape index (κ3) is 2.64. The zero-order valence-corrected chi connectivity index (χ0v) is 8.97. The molecule has 1 N–H and O–H groups in total. The van der Waals surface area contributed by atoms with Gasteiger partial charge in [-0.1, -0.05) is 6.92 Å². The van der Waals surface area contributed by atoms with Gasteiger partial charge in [0.05, 0.1) is 6.10 Å². The van der Waals surface area contributed by atoms with Gasteiger partial charge in [0.15, 0.2) is 0 Å². The summed E-state index contributed by atoms with van der Waals surface area (Å²) in [5, 5.41) is 9.97. The van der Waals surface area contributed by atoms with Gasteiger partial charge in [-0.05, 0) is 13.8 Å². The Labute approximate surface area is 79.3 Å². The van der Waals surface area contributed by atoms with E-state index in [4.69, 9.17) is 0 Å². The van der Waals surface area contributed by atoms with Crippen molar-refractivity contribution in [3.8, 4) is 0 Å². The van der Waals surface area contributed by atoms with Crippen molar-refractivity contribution in [2.24, 2.45) is 0 Å². The van der Waals surface area contributed by atoms with Crippen LogP contribution < -0.4 is 0 Å². The van der Waals surface area contributed by atoms with Crippen molar-refractivity contribution in [1.82, 2.24) is 4.90 Å². The fraction of sp³-hybridized carbons (Fsp3) is 1.00. The highest BCUT2D eigenvalue weighted by Crippen LogP contribution is 2.23. The summed E-state index contributed by atoms with van der Waals surface area (Å²) in [6.45, 7) is 8.33. The monoisotopic (exact) mass is 189 g/mol. The molecule has 1 fully saturated rings. The van der Waals surface area contributed by atoms with Gasteiger partial charge in [-0.25, -0.2) is 0 Å². The zero-order chi connectivity index (χ0) is 9.14. The van der Waals surface area contributed by atoms with Gasteiger partial charge in [0.1, 0.15) is 0 Å². The Morgan fingerprint density at radius 1 is 1.58 bits per heavy atom. The van der Waals surface area contributed by atoms with Crippen LogP contribution in [0.4, 0.5) is 0 Å². The first-order chi connectivity index (χ1) is 5.61. The molecule has 2 nitrogen and oxygen atoms in total. The minimum Gasteiger partial charge on any atom is -0.392 e. The van der Waals surface area contributed by atoms with Crippen LogP contribution in [0.5, 0.6) is 0 Å². The third-order valence-electron chi connectivity index (χ3n) is 2.51. The van der Waals surface area contributed by atoms with Crippen LogP contribution in [0.1, 0.15) is 20.8 Å². The highest BCUT2D eigenvalue weighted by Gasteiger charge is 2.25. The summed E-state index contributed by atoms with van der Waals surface area (Å²) in [4.78, 5) is 2.38. The van der Waals surface area contributed by atoms with Crippen molar-refractivity contribution in [1.29, 1.82) is 0 Å². The standard InChI is InChI=1S/C9H19NOS/c1-7(11)6-10-4-5-12-9(3)8(10)2/h7-9,11H,4-6H2,1-3H3/t7-,8?,9?/m1/s1. The van der Waals surface area contributed by atoms with Gasteiger partial charge in [0, 0.05) is 30.1 Å². The molecule has 0 aromatic rings. The number of hydrogen-bond acceptors (Lipinski definition) is 3. The summed E-state index contributed by atoms with van der Waals surface area (Å²) in [5.74, 6) is 1.21. The highest BCUT2D eigenvalue weighted by atomic mass is 32.2. The van der Waals surface area contributed by atoms with Crippen molar-refractivity contribution in [3.63, 3.8) is 0 Å². The molecule has 3 heteroatoms. The van der Waals surface area contributed by atoms with E-state index in [9.17, 15) is 5.11 Å². The topological polar surface area (TPSA) is 23.5 Å². The predicted molar refractivity (Wildman–Crippen MR) is 54.6 cm³/mol. The Morgan fingerprint density at radius 2 is 2.25 bits per heavy atom. The molecule has 3 atom stereocenters. The van der Waals surface area contributed by atoms with E-state index < -0.39 is 0 Å². The molecule has 1 saturated heterocycles. The van der Waals surface area contributed by atoms with E-state index in [1.54, 1.807) is 0 Å². The van der Waals surface area contributed by atoms with Crippen LogP contribution in [-0.2, 0) is 0 Å². The van der Waals surface area contributed by atoms with Crippen molar-refractivity contribution in [3.05, 3.63) is 0 Å². The van der Waals surface area contributed by atoms with Crippen LogP contribution in [-0.4, -0.2) is 46.2 Å². The van der Waals surface area contributed by atoms with E-state index in [0.29, 0.717) is 11.3 Å². The molecule has 1 aliphatic heterocycles. The van der Waals surface area contributed by atoms with E-state index in [1.165, 1.54) is 5.75 Å². The van der Waals surface area contributed by atoms with E-state index in [0.717, 1.165) is 13.1 Å². The maximum absolute atomic E-state index is 9.26. The average Bonchev–Trinajstić information content (AvgIpc) is 1.98. The summed E-state index contributed by atoms with van der Waals surface area (Å²) in [6, 6.07) is 0.610. The van der Waals surface area contributed by atoms with Crippen LogP contribution in [0.25, 0.3) is 0 Å². The lowest BCUT2D eigenvalue weighted by molar-refractivity contribution is 0.105. The lowest BCUT2D eigenvalue weighted by atomic mass is 10.2. The zero-order valence-electron chi connectivity index (χ0n) is 8.16. The molecule has 12 heavy (non-hydrogen) atoms. The van der Waals surface area contributed by atoms with Gasteiger partial charge < -0.3 is 5.11 Å². The molecule has 72 valence electrons. The fourth-order valence-electron chi connectivity index (χ4n) is 1.59. The van der Waals surface area contributed by atoms with Gasteiger partial charge in [0.25, 0.3) is 0 Å². The average molecular weight is 189 g/mol. The Hall–Kier alpha value is 0.270. The molecule has 0 radical (unpaired) electrons. The molecule has 0 amide bonds. The molecule has 1 heterocycles. The molecule has 0 saturated carbocycles. The second-order valence-electron chi connectivity index (χ2n) is 3.66. The van der Waals surface area contributed by atoms with E-state index >= 15 is 0 Å². The molecule has 0 aromatic heterocycles. The summed E-state index contributed by atoms with van der Waals surface area (Å²) >= 11 is 2.03. The molecule has 0 aliphatic carbocycles. The van der Waals surface area contributed by atoms with Gasteiger partial charge in [0.2, 0.25) is 0 Å². The first kappa shape index (κ1) is 10.4. The van der Waals surface area contributed by atoms with E-state index in [1.807, 2.05) is 18.7 Å². The lowest BCUT2D eigenvalue weighted by Gasteiger charge is -2.38. The molecule has 2 unspecified atom stereocenters. The summed E-state index contributed by atoms with van der Waals surface area (Å²) < 4.78 is 0. The van der Waals surface area contributed by atoms with E-state index in [2.05, 4.69) is 18.7 Å². The number of nitrogens with zero attached hydrogens (tertiary/aromatic N) is 1.